The summed E-state index contributed by atoms with van der Waals surface area (Å²) in [5.74, 6) is 1.15. The third kappa shape index (κ3) is 2.91. The summed E-state index contributed by atoms with van der Waals surface area (Å²) in [6.07, 6.45) is 1.68. The molecule has 3 aromatic rings. The van der Waals surface area contributed by atoms with Gasteiger partial charge < -0.3 is 14.4 Å². The van der Waals surface area contributed by atoms with Crippen LogP contribution in [-0.2, 0) is 5.41 Å². The van der Waals surface area contributed by atoms with Crippen molar-refractivity contribution >= 4 is 11.1 Å². The molecule has 1 fully saturated rings. The van der Waals surface area contributed by atoms with Crippen LogP contribution in [0.15, 0.2) is 21.3 Å². The summed E-state index contributed by atoms with van der Waals surface area (Å²) in [6.45, 7) is 9.01. The number of piperazine rings is 1. The smallest absolute Gasteiger partial charge is 0.259 e. The summed E-state index contributed by atoms with van der Waals surface area (Å²) < 4.78 is 10.8. The molecule has 0 bridgehead atoms. The van der Waals surface area contributed by atoms with Crippen molar-refractivity contribution in [3.63, 3.8) is 0 Å². The Morgan fingerprint density at radius 2 is 2.08 bits per heavy atom. The predicted molar refractivity (Wildman–Crippen MR) is 92.0 cm³/mol. The van der Waals surface area contributed by atoms with Crippen molar-refractivity contribution in [2.75, 3.05) is 26.7 Å². The van der Waals surface area contributed by atoms with E-state index in [2.05, 4.69) is 58.3 Å². The Kier molecular flexibility index (Phi) is 3.81. The lowest BCUT2D eigenvalue weighted by molar-refractivity contribution is 0.190. The molecular formula is C17H22N6O2. The highest BCUT2D eigenvalue weighted by molar-refractivity contribution is 5.81. The van der Waals surface area contributed by atoms with E-state index in [1.165, 1.54) is 0 Å². The quantitative estimate of drug-likeness (QED) is 0.757. The van der Waals surface area contributed by atoms with Gasteiger partial charge in [0, 0.05) is 31.2 Å². The lowest BCUT2D eigenvalue weighted by atomic mass is 9.90. The van der Waals surface area contributed by atoms with Crippen molar-refractivity contribution in [2.45, 2.75) is 32.2 Å². The summed E-state index contributed by atoms with van der Waals surface area (Å²) in [7, 11) is 2.07. The Morgan fingerprint density at radius 1 is 1.24 bits per heavy atom. The van der Waals surface area contributed by atoms with E-state index in [1.807, 2.05) is 6.07 Å². The van der Waals surface area contributed by atoms with Crippen LogP contribution in [0.25, 0.3) is 22.6 Å². The summed E-state index contributed by atoms with van der Waals surface area (Å²) >= 11 is 0. The van der Waals surface area contributed by atoms with E-state index in [4.69, 9.17) is 9.05 Å². The number of hydrogen-bond acceptors (Lipinski definition) is 8. The molecule has 8 heteroatoms. The lowest BCUT2D eigenvalue weighted by Crippen LogP contribution is -2.44. The highest BCUT2D eigenvalue weighted by atomic mass is 16.5. The molecule has 0 aromatic carbocycles. The molecule has 4 rings (SSSR count). The number of nitrogens with one attached hydrogen (secondary N) is 1. The van der Waals surface area contributed by atoms with E-state index >= 15 is 0 Å². The fraction of sp³-hybridized carbons (Fsp3) is 0.529. The number of rotatable bonds is 2. The summed E-state index contributed by atoms with van der Waals surface area (Å²) in [6, 6.07) is 2.07. The Balaban J connectivity index is 1.70. The molecule has 25 heavy (non-hydrogen) atoms. The van der Waals surface area contributed by atoms with Crippen LogP contribution in [0, 0.1) is 0 Å². The van der Waals surface area contributed by atoms with Gasteiger partial charge in [-0.2, -0.15) is 4.98 Å². The largest absolute Gasteiger partial charge is 0.336 e. The van der Waals surface area contributed by atoms with Gasteiger partial charge in [-0.05, 0) is 13.1 Å². The topological polar surface area (TPSA) is 93.1 Å². The lowest BCUT2D eigenvalue weighted by Gasteiger charge is -2.30. The van der Waals surface area contributed by atoms with Crippen LogP contribution in [0.3, 0.4) is 0 Å². The molecule has 0 amide bonds. The molecule has 0 spiro atoms. The van der Waals surface area contributed by atoms with Crippen molar-refractivity contribution in [2.24, 2.45) is 0 Å². The van der Waals surface area contributed by atoms with Crippen molar-refractivity contribution in [1.29, 1.82) is 0 Å². The van der Waals surface area contributed by atoms with Gasteiger partial charge in [-0.15, -0.1) is 0 Å². The summed E-state index contributed by atoms with van der Waals surface area (Å²) in [5, 5.41) is 12.6. The van der Waals surface area contributed by atoms with Crippen LogP contribution in [0.1, 0.15) is 38.3 Å². The van der Waals surface area contributed by atoms with Crippen LogP contribution >= 0.6 is 0 Å². The summed E-state index contributed by atoms with van der Waals surface area (Å²) in [4.78, 5) is 11.2. The van der Waals surface area contributed by atoms with Crippen LogP contribution in [0.4, 0.5) is 0 Å². The first-order valence-electron chi connectivity index (χ1n) is 8.44. The van der Waals surface area contributed by atoms with E-state index in [0.717, 1.165) is 36.3 Å². The molecule has 1 aliphatic heterocycles. The van der Waals surface area contributed by atoms with E-state index in [1.54, 1.807) is 6.20 Å². The second-order valence-corrected chi connectivity index (χ2v) is 7.52. The predicted octanol–water partition coefficient (Wildman–Crippen LogP) is 2.15. The minimum Gasteiger partial charge on any atom is -0.336 e. The standard InChI is InChI=1S/C17H22N6O2/c1-17(2,3)13-11-7-10(8-19-16(11)25-21-13)15-20-14(22-24-15)12-9-18-5-6-23(12)4/h7-8,12,18H,5-6,9H2,1-4H3. The molecule has 132 valence electrons. The van der Waals surface area contributed by atoms with Gasteiger partial charge in [0.05, 0.1) is 22.7 Å². The maximum Gasteiger partial charge on any atom is 0.259 e. The highest BCUT2D eigenvalue weighted by Crippen LogP contribution is 2.31. The van der Waals surface area contributed by atoms with E-state index in [9.17, 15) is 0 Å². The van der Waals surface area contributed by atoms with Gasteiger partial charge in [-0.3, -0.25) is 4.90 Å². The van der Waals surface area contributed by atoms with Gasteiger partial charge in [0.2, 0.25) is 0 Å². The Bertz CT molecular complexity index is 894. The SMILES string of the molecule is CN1CCNCC1c1noc(-c2cnc3onc(C(C)(C)C)c3c2)n1. The molecule has 1 atom stereocenters. The van der Waals surface area contributed by atoms with E-state index < -0.39 is 0 Å². The molecular weight excluding hydrogens is 320 g/mol. The maximum atomic E-state index is 5.50. The van der Waals surface area contributed by atoms with Gasteiger partial charge in [0.25, 0.3) is 11.6 Å². The van der Waals surface area contributed by atoms with Crippen LogP contribution in [-0.4, -0.2) is 51.9 Å². The van der Waals surface area contributed by atoms with Gasteiger partial charge in [0.1, 0.15) is 0 Å². The molecule has 1 aliphatic rings. The fourth-order valence-corrected chi connectivity index (χ4v) is 3.07. The number of pyridine rings is 1. The number of hydrogen-bond donors (Lipinski definition) is 1. The van der Waals surface area contributed by atoms with Crippen LogP contribution < -0.4 is 5.32 Å². The first-order chi connectivity index (χ1) is 11.9. The Hall–Kier alpha value is -2.32. The number of nitrogens with zero attached hydrogens (tertiary/aromatic N) is 5. The Morgan fingerprint density at radius 3 is 2.84 bits per heavy atom. The monoisotopic (exact) mass is 342 g/mol. The highest BCUT2D eigenvalue weighted by Gasteiger charge is 2.27. The second kappa shape index (κ2) is 5.89. The van der Waals surface area contributed by atoms with Crippen molar-refractivity contribution in [3.05, 3.63) is 23.8 Å². The van der Waals surface area contributed by atoms with E-state index in [0.29, 0.717) is 17.4 Å². The maximum absolute atomic E-state index is 5.50. The van der Waals surface area contributed by atoms with Gasteiger partial charge in [-0.1, -0.05) is 31.1 Å². The molecule has 0 radical (unpaired) electrons. The van der Waals surface area contributed by atoms with Crippen molar-refractivity contribution < 1.29 is 9.05 Å². The fourth-order valence-electron chi connectivity index (χ4n) is 3.07. The average molecular weight is 342 g/mol. The minimum absolute atomic E-state index is 0.115. The zero-order valence-electron chi connectivity index (χ0n) is 14.9. The molecule has 0 saturated carbocycles. The van der Waals surface area contributed by atoms with Crippen molar-refractivity contribution in [3.8, 4) is 11.5 Å². The third-order valence-corrected chi connectivity index (χ3v) is 4.54. The van der Waals surface area contributed by atoms with Crippen molar-refractivity contribution in [1.82, 2.24) is 30.5 Å². The van der Waals surface area contributed by atoms with Crippen LogP contribution in [0.2, 0.25) is 0 Å². The van der Waals surface area contributed by atoms with Gasteiger partial charge >= 0.3 is 0 Å². The third-order valence-electron chi connectivity index (χ3n) is 4.54. The Labute approximate surface area is 145 Å². The van der Waals surface area contributed by atoms with Gasteiger partial charge in [-0.25, -0.2) is 4.98 Å². The first-order valence-corrected chi connectivity index (χ1v) is 8.44. The molecule has 0 aliphatic carbocycles. The molecule has 8 nitrogen and oxygen atoms in total. The number of likely N-dealkylation sites (N-methyl/N-ethyl adjacent to an activating group) is 1. The first kappa shape index (κ1) is 16.2. The zero-order valence-corrected chi connectivity index (χ0v) is 14.9. The second-order valence-electron chi connectivity index (χ2n) is 7.52. The zero-order chi connectivity index (χ0) is 17.6. The van der Waals surface area contributed by atoms with Crippen LogP contribution in [0.5, 0.6) is 0 Å². The molecule has 4 heterocycles. The normalized spacial score (nSPS) is 19.6. The number of aromatic nitrogens is 4. The molecule has 1 N–H and O–H groups in total. The average Bonchev–Trinajstić information content (AvgIpc) is 3.21. The van der Waals surface area contributed by atoms with Gasteiger partial charge in [0.15, 0.2) is 5.82 Å². The number of fused-ring (bicyclic) bond motifs is 1. The molecule has 1 unspecified atom stereocenters. The molecule has 1 saturated heterocycles. The molecule has 3 aromatic heterocycles. The summed E-state index contributed by atoms with van der Waals surface area (Å²) in [5.41, 5.74) is 2.02. The van der Waals surface area contributed by atoms with E-state index in [-0.39, 0.29) is 11.5 Å². The minimum atomic E-state index is -0.137.